The molecule has 1 atom stereocenters. The molecule has 1 aromatic heterocycles. The molecule has 2 aliphatic rings. The van der Waals surface area contributed by atoms with Gasteiger partial charge in [0.1, 0.15) is 0 Å². The minimum absolute atomic E-state index is 0.104. The molecule has 1 aromatic carbocycles. The third kappa shape index (κ3) is 4.66. The van der Waals surface area contributed by atoms with Gasteiger partial charge in [0.05, 0.1) is 57.7 Å². The van der Waals surface area contributed by atoms with Crippen molar-refractivity contribution >= 4 is 16.9 Å². The number of ether oxygens (including phenoxy) is 3. The van der Waals surface area contributed by atoms with Crippen molar-refractivity contribution in [3.63, 3.8) is 0 Å². The number of benzene rings is 1. The number of hydrogen-bond acceptors (Lipinski definition) is 5. The van der Waals surface area contributed by atoms with Crippen molar-refractivity contribution in [1.82, 2.24) is 14.8 Å². The molecule has 2 saturated heterocycles. The monoisotopic (exact) mass is 415 g/mol. The molecule has 2 aliphatic heterocycles. The van der Waals surface area contributed by atoms with Crippen LogP contribution >= 0.6 is 0 Å². The molecule has 1 unspecified atom stereocenters. The number of aromatic amines is 1. The number of H-pyrrole nitrogens is 1. The van der Waals surface area contributed by atoms with Gasteiger partial charge in [-0.25, -0.2) is 4.79 Å². The molecule has 1 N–H and O–H groups in total. The highest BCUT2D eigenvalue weighted by molar-refractivity contribution is 5.83. The number of pyridine rings is 1. The van der Waals surface area contributed by atoms with E-state index in [2.05, 4.69) is 4.98 Å². The van der Waals surface area contributed by atoms with Crippen LogP contribution in [0, 0.1) is 13.8 Å². The van der Waals surface area contributed by atoms with E-state index >= 15 is 0 Å². The standard InChI is InChI=1S/C22H29N3O5/c1-15-9-16(2)20-17(10-15)11-18(21(26)23-20)12-25(13-19-14-29-7-8-30-19)22(27)24-3-5-28-6-4-24/h9-11,19H,3-8,12-14H2,1-2H3,(H,23,26). The van der Waals surface area contributed by atoms with Gasteiger partial charge in [0.2, 0.25) is 0 Å². The Morgan fingerprint density at radius 2 is 1.93 bits per heavy atom. The van der Waals surface area contributed by atoms with E-state index in [9.17, 15) is 9.59 Å². The molecule has 8 nitrogen and oxygen atoms in total. The van der Waals surface area contributed by atoms with Gasteiger partial charge in [0.25, 0.3) is 5.56 Å². The molecule has 0 aliphatic carbocycles. The number of hydrogen-bond donors (Lipinski definition) is 1. The average molecular weight is 415 g/mol. The van der Waals surface area contributed by atoms with Crippen LogP contribution in [0.5, 0.6) is 0 Å². The van der Waals surface area contributed by atoms with E-state index in [1.807, 2.05) is 32.0 Å². The molecular formula is C22H29N3O5. The first-order valence-corrected chi connectivity index (χ1v) is 10.5. The van der Waals surface area contributed by atoms with Gasteiger partial charge in [-0.2, -0.15) is 0 Å². The van der Waals surface area contributed by atoms with Crippen LogP contribution in [-0.2, 0) is 20.8 Å². The summed E-state index contributed by atoms with van der Waals surface area (Å²) in [6.45, 7) is 8.28. The molecule has 2 amide bonds. The lowest BCUT2D eigenvalue weighted by atomic mass is 10.1. The van der Waals surface area contributed by atoms with E-state index in [4.69, 9.17) is 14.2 Å². The van der Waals surface area contributed by atoms with Crippen molar-refractivity contribution in [2.75, 3.05) is 52.7 Å². The van der Waals surface area contributed by atoms with Crippen molar-refractivity contribution < 1.29 is 19.0 Å². The van der Waals surface area contributed by atoms with Crippen LogP contribution in [0.1, 0.15) is 16.7 Å². The SMILES string of the molecule is Cc1cc(C)c2[nH]c(=O)c(CN(CC3COCCO3)C(=O)N3CCOCC3)cc2c1. The fourth-order valence-electron chi connectivity index (χ4n) is 4.11. The maximum absolute atomic E-state index is 13.2. The van der Waals surface area contributed by atoms with Gasteiger partial charge in [0, 0.05) is 18.7 Å². The van der Waals surface area contributed by atoms with Crippen molar-refractivity contribution in [2.24, 2.45) is 0 Å². The number of fused-ring (bicyclic) bond motifs is 1. The van der Waals surface area contributed by atoms with Crippen LogP contribution in [0.4, 0.5) is 4.79 Å². The number of amides is 2. The summed E-state index contributed by atoms with van der Waals surface area (Å²) in [5, 5.41) is 0.970. The largest absolute Gasteiger partial charge is 0.378 e. The van der Waals surface area contributed by atoms with E-state index < -0.39 is 0 Å². The van der Waals surface area contributed by atoms with Crippen molar-refractivity contribution in [3.05, 3.63) is 45.2 Å². The topological polar surface area (TPSA) is 84.1 Å². The fraction of sp³-hybridized carbons (Fsp3) is 0.545. The molecule has 2 fully saturated rings. The number of carbonyl (C=O) groups excluding carboxylic acids is 1. The number of carbonyl (C=O) groups is 1. The molecule has 8 heteroatoms. The number of aryl methyl sites for hydroxylation is 2. The van der Waals surface area contributed by atoms with E-state index in [-0.39, 0.29) is 24.2 Å². The Kier molecular flexibility index (Phi) is 6.36. The van der Waals surface area contributed by atoms with Crippen molar-refractivity contribution in [3.8, 4) is 0 Å². The van der Waals surface area contributed by atoms with Crippen LogP contribution in [0.15, 0.2) is 23.0 Å². The van der Waals surface area contributed by atoms with Crippen LogP contribution in [0.3, 0.4) is 0 Å². The Labute approximate surface area is 175 Å². The highest BCUT2D eigenvalue weighted by atomic mass is 16.6. The Balaban J connectivity index is 1.62. The van der Waals surface area contributed by atoms with Crippen molar-refractivity contribution in [1.29, 1.82) is 0 Å². The Morgan fingerprint density at radius 1 is 1.13 bits per heavy atom. The van der Waals surface area contributed by atoms with E-state index in [0.29, 0.717) is 58.2 Å². The molecule has 162 valence electrons. The molecule has 0 spiro atoms. The summed E-state index contributed by atoms with van der Waals surface area (Å²) < 4.78 is 16.6. The third-order valence-electron chi connectivity index (χ3n) is 5.59. The maximum Gasteiger partial charge on any atom is 0.320 e. The lowest BCUT2D eigenvalue weighted by molar-refractivity contribution is -0.0958. The summed E-state index contributed by atoms with van der Waals surface area (Å²) in [6, 6.07) is 5.89. The Morgan fingerprint density at radius 3 is 2.67 bits per heavy atom. The smallest absolute Gasteiger partial charge is 0.320 e. The number of urea groups is 1. The van der Waals surface area contributed by atoms with Crippen LogP contribution < -0.4 is 5.56 Å². The Bertz CT molecular complexity index is 961. The van der Waals surface area contributed by atoms with Gasteiger partial charge in [0.15, 0.2) is 0 Å². The third-order valence-corrected chi connectivity index (χ3v) is 5.59. The summed E-state index contributed by atoms with van der Waals surface area (Å²) in [4.78, 5) is 32.5. The lowest BCUT2D eigenvalue weighted by Crippen LogP contribution is -2.51. The molecule has 3 heterocycles. The number of morpholine rings is 1. The average Bonchev–Trinajstić information content (AvgIpc) is 2.75. The second-order valence-electron chi connectivity index (χ2n) is 8.00. The molecule has 0 radical (unpaired) electrons. The predicted molar refractivity (Wildman–Crippen MR) is 113 cm³/mol. The van der Waals surface area contributed by atoms with Crippen molar-refractivity contribution in [2.45, 2.75) is 26.5 Å². The highest BCUT2D eigenvalue weighted by Crippen LogP contribution is 2.19. The number of aromatic nitrogens is 1. The van der Waals surface area contributed by atoms with Crippen LogP contribution in [0.2, 0.25) is 0 Å². The minimum Gasteiger partial charge on any atom is -0.378 e. The predicted octanol–water partition coefficient (Wildman–Crippen LogP) is 1.81. The number of rotatable bonds is 4. The Hall–Kier alpha value is -2.42. The highest BCUT2D eigenvalue weighted by Gasteiger charge is 2.27. The zero-order chi connectivity index (χ0) is 21.1. The van der Waals surface area contributed by atoms with Crippen LogP contribution in [0.25, 0.3) is 10.9 Å². The summed E-state index contributed by atoms with van der Waals surface area (Å²) in [5.74, 6) is 0. The molecule has 4 rings (SSSR count). The van der Waals surface area contributed by atoms with E-state index in [1.165, 1.54) is 0 Å². The van der Waals surface area contributed by atoms with Gasteiger partial charge in [-0.15, -0.1) is 0 Å². The normalized spacial score (nSPS) is 19.8. The summed E-state index contributed by atoms with van der Waals surface area (Å²) in [6.07, 6.45) is -0.201. The first kappa shape index (κ1) is 20.8. The lowest BCUT2D eigenvalue weighted by Gasteiger charge is -2.35. The second kappa shape index (κ2) is 9.16. The summed E-state index contributed by atoms with van der Waals surface area (Å²) >= 11 is 0. The second-order valence-corrected chi connectivity index (χ2v) is 8.00. The summed E-state index contributed by atoms with van der Waals surface area (Å²) in [5.41, 5.74) is 3.39. The zero-order valence-corrected chi connectivity index (χ0v) is 17.6. The molecule has 0 saturated carbocycles. The zero-order valence-electron chi connectivity index (χ0n) is 17.6. The van der Waals surface area contributed by atoms with Gasteiger partial charge < -0.3 is 29.0 Å². The van der Waals surface area contributed by atoms with E-state index in [0.717, 1.165) is 22.0 Å². The van der Waals surface area contributed by atoms with Gasteiger partial charge in [-0.05, 0) is 36.9 Å². The maximum atomic E-state index is 13.2. The number of nitrogens with one attached hydrogen (secondary N) is 1. The quantitative estimate of drug-likeness (QED) is 0.824. The molecule has 30 heavy (non-hydrogen) atoms. The van der Waals surface area contributed by atoms with Gasteiger partial charge in [-0.1, -0.05) is 11.6 Å². The van der Waals surface area contributed by atoms with E-state index in [1.54, 1.807) is 9.80 Å². The molecule has 0 bridgehead atoms. The molecular weight excluding hydrogens is 386 g/mol. The minimum atomic E-state index is -0.201. The fourth-order valence-corrected chi connectivity index (χ4v) is 4.11. The van der Waals surface area contributed by atoms with Gasteiger partial charge in [-0.3, -0.25) is 4.79 Å². The van der Waals surface area contributed by atoms with Crippen LogP contribution in [-0.4, -0.2) is 79.6 Å². The molecule has 2 aromatic rings. The first-order chi connectivity index (χ1) is 14.5. The summed E-state index contributed by atoms with van der Waals surface area (Å²) in [7, 11) is 0. The van der Waals surface area contributed by atoms with Gasteiger partial charge >= 0.3 is 6.03 Å². The number of nitrogens with zero attached hydrogens (tertiary/aromatic N) is 2. The first-order valence-electron chi connectivity index (χ1n) is 10.5.